The largest absolute Gasteiger partial charge is 0.290 e. The molecule has 0 spiro atoms. The highest BCUT2D eigenvalue weighted by atomic mass is 15.1. The predicted octanol–water partition coefficient (Wildman–Crippen LogP) is 29.3. The van der Waals surface area contributed by atoms with Gasteiger partial charge in [0.25, 0.3) is 0 Å². The highest BCUT2D eigenvalue weighted by molar-refractivity contribution is 6.22. The fraction of sp³-hybridized carbons (Fsp3) is 0.0625. The molecular formula is C128H76N12. The van der Waals surface area contributed by atoms with Crippen LogP contribution in [0.4, 0.5) is 0 Å². The van der Waals surface area contributed by atoms with Crippen molar-refractivity contribution < 1.29 is 0 Å². The van der Waals surface area contributed by atoms with Crippen molar-refractivity contribution in [3.8, 4) is 89.0 Å². The molecule has 0 fully saturated rings. The molecule has 140 heavy (non-hydrogen) atoms. The molecule has 0 bridgehead atoms. The van der Waals surface area contributed by atoms with E-state index < -0.39 is 0 Å². The number of nitrogens with zero attached hydrogens (tertiary/aromatic N) is 12. The van der Waals surface area contributed by atoms with Crippen molar-refractivity contribution in [3.63, 3.8) is 0 Å². The van der Waals surface area contributed by atoms with Gasteiger partial charge in [0.1, 0.15) is 22.6 Å². The van der Waals surface area contributed by atoms with E-state index in [2.05, 4.69) is 353 Å². The summed E-state index contributed by atoms with van der Waals surface area (Å²) >= 11 is 0. The number of benzene rings is 16. The summed E-state index contributed by atoms with van der Waals surface area (Å²) in [6.07, 6.45) is 23.4. The smallest absolute Gasteiger partial charge is 0.146 e. The van der Waals surface area contributed by atoms with Gasteiger partial charge in [0.15, 0.2) is 0 Å². The van der Waals surface area contributed by atoms with Gasteiger partial charge in [-0.2, -0.15) is 0 Å². The van der Waals surface area contributed by atoms with Crippen molar-refractivity contribution in [3.05, 3.63) is 454 Å². The van der Waals surface area contributed by atoms with E-state index in [0.29, 0.717) is 0 Å². The quantitative estimate of drug-likeness (QED) is 0.138. The van der Waals surface area contributed by atoms with Crippen molar-refractivity contribution in [2.45, 2.75) is 51.4 Å². The van der Waals surface area contributed by atoms with Crippen molar-refractivity contribution in [2.75, 3.05) is 0 Å². The third-order valence-electron chi connectivity index (χ3n) is 32.5. The lowest BCUT2D eigenvalue weighted by molar-refractivity contribution is 1.17. The molecule has 0 N–H and O–H groups in total. The monoisotopic (exact) mass is 1780 g/mol. The molecule has 0 unspecified atom stereocenters. The lowest BCUT2D eigenvalue weighted by atomic mass is 9.92. The summed E-state index contributed by atoms with van der Waals surface area (Å²) < 4.78 is 9.20. The van der Waals surface area contributed by atoms with Crippen LogP contribution in [0, 0.1) is 0 Å². The van der Waals surface area contributed by atoms with Crippen LogP contribution in [0.15, 0.2) is 365 Å². The fourth-order valence-corrected chi connectivity index (χ4v) is 26.6. The van der Waals surface area contributed by atoms with Gasteiger partial charge < -0.3 is 0 Å². The number of imidazole rings is 4. The first-order chi connectivity index (χ1) is 69.4. The molecule has 0 aliphatic heterocycles. The number of hydrogen-bond donors (Lipinski definition) is 0. The molecule has 0 radical (unpaired) electrons. The molecule has 0 saturated heterocycles. The van der Waals surface area contributed by atoms with E-state index in [1.165, 1.54) is 243 Å². The summed E-state index contributed by atoms with van der Waals surface area (Å²) in [5, 5.41) is 14.9. The Morgan fingerprint density at radius 3 is 1.03 bits per heavy atom. The van der Waals surface area contributed by atoms with Crippen molar-refractivity contribution in [1.82, 2.24) is 57.5 Å². The van der Waals surface area contributed by atoms with Gasteiger partial charge in [-0.05, 0) is 342 Å². The summed E-state index contributed by atoms with van der Waals surface area (Å²) in [4.78, 5) is 38.5. The predicted molar refractivity (Wildman–Crippen MR) is 568 cm³/mol. The molecule has 12 heterocycles. The Morgan fingerprint density at radius 1 is 0.164 bits per heavy atom. The Morgan fingerprint density at radius 2 is 0.479 bits per heavy atom. The molecule has 648 valence electrons. The van der Waals surface area contributed by atoms with Gasteiger partial charge in [-0.3, -0.25) is 37.5 Å². The molecule has 12 heteroatoms. The topological polar surface area (TPSA) is 121 Å². The average Bonchev–Trinajstić information content (AvgIpc) is 1.52. The maximum Gasteiger partial charge on any atom is 0.146 e. The van der Waals surface area contributed by atoms with Gasteiger partial charge in [-0.25, -0.2) is 19.9 Å². The van der Waals surface area contributed by atoms with E-state index >= 15 is 0 Å². The number of aromatic nitrogens is 12. The zero-order valence-electron chi connectivity index (χ0n) is 75.7. The van der Waals surface area contributed by atoms with E-state index in [0.717, 1.165) is 140 Å². The zero-order chi connectivity index (χ0) is 90.7. The summed E-state index contributed by atoms with van der Waals surface area (Å²) in [6, 6.07) is 115. The van der Waals surface area contributed by atoms with E-state index in [4.69, 9.17) is 19.9 Å². The highest BCUT2D eigenvalue weighted by Gasteiger charge is 2.37. The number of para-hydroxylation sites is 8. The number of rotatable bonds is 0. The second kappa shape index (κ2) is 27.9. The fourth-order valence-electron chi connectivity index (χ4n) is 26.6. The summed E-state index contributed by atoms with van der Waals surface area (Å²) in [7, 11) is 0. The van der Waals surface area contributed by atoms with Crippen LogP contribution in [0.2, 0.25) is 0 Å². The van der Waals surface area contributed by atoms with E-state index in [-0.39, 0.29) is 0 Å². The summed E-state index contributed by atoms with van der Waals surface area (Å²) in [5.41, 5.74) is 62.5. The Labute approximate surface area is 799 Å². The molecule has 0 amide bonds. The normalized spacial score (nSPS) is 13.5. The minimum absolute atomic E-state index is 0.937. The first-order valence-corrected chi connectivity index (χ1v) is 48.7. The Bertz CT molecular complexity index is 10700. The van der Waals surface area contributed by atoms with Gasteiger partial charge in [-0.1, -0.05) is 224 Å². The minimum atomic E-state index is 0.937. The number of hydrogen-bond acceptors (Lipinski definition) is 8. The van der Waals surface area contributed by atoms with Gasteiger partial charge in [-0.15, -0.1) is 0 Å². The molecule has 0 saturated carbocycles. The molecule has 8 aliphatic rings. The van der Waals surface area contributed by atoms with Crippen LogP contribution in [0.5, 0.6) is 0 Å². The second-order valence-corrected chi connectivity index (χ2v) is 39.3. The van der Waals surface area contributed by atoms with Crippen LogP contribution in [-0.4, -0.2) is 57.5 Å². The Hall–Kier alpha value is -18.0. The van der Waals surface area contributed by atoms with Gasteiger partial charge in [0.2, 0.25) is 0 Å². The van der Waals surface area contributed by atoms with Crippen LogP contribution in [0.1, 0.15) is 89.0 Å². The molecule has 12 nitrogen and oxygen atoms in total. The third kappa shape index (κ3) is 10.2. The maximum atomic E-state index is 5.18. The summed E-state index contributed by atoms with van der Waals surface area (Å²) in [6.45, 7) is 0. The average molecular weight is 1780 g/mol. The molecule has 8 aliphatic carbocycles. The lowest BCUT2D eigenvalue weighted by Crippen LogP contribution is -1.95. The number of pyridine rings is 8. The standard InChI is InChI=1S/4C32H19N3/c1-2-6-21-18(5-1)13-19-14-20-15-27-22(26(20)16-25(19)21)9-10-24-23-11-12-33-17-30(23)35-29-8-4-3-7-28(29)34-32(35)31(24)27;1-2-6-21-18(5-1)13-19-9-10-22-24-16-25-23-11-12-33-17-30(23)35-29-8-4-3-7-28(29)34-32(35)27(25)15-20(24)14-26(22)31(19)21;1-2-6-21-18(5-1)15-19-9-10-20-16-25-24(30(20)29(19)21)12-11-23-22-13-14-33-17-28(22)35-27-8-4-3-7-26(27)34-32(35)31(23)25;1-2-6-19-18(5-1)15-25-20(19)9-10-21-22-11-12-24-23-13-14-33-17-30(23)35-29-8-4-3-7-28(29)34-32(35)31(24)27(22)16-26(21)25/h1-12,14,16-17H,13,15H2;1-12,15-17H,13-14H2;2*1-14,17H,15-16H2. The van der Waals surface area contributed by atoms with Gasteiger partial charge >= 0.3 is 0 Å². The van der Waals surface area contributed by atoms with Crippen LogP contribution < -0.4 is 0 Å². The first-order valence-electron chi connectivity index (χ1n) is 48.7. The van der Waals surface area contributed by atoms with Crippen molar-refractivity contribution in [1.29, 1.82) is 0 Å². The van der Waals surface area contributed by atoms with Crippen molar-refractivity contribution >= 4 is 153 Å². The lowest BCUT2D eigenvalue weighted by Gasteiger charge is -2.13. The molecule has 16 aromatic carbocycles. The second-order valence-electron chi connectivity index (χ2n) is 39.3. The molecule has 12 aromatic heterocycles. The zero-order valence-corrected chi connectivity index (χ0v) is 75.7. The molecular weight excluding hydrogens is 1710 g/mol. The molecule has 28 aromatic rings. The van der Waals surface area contributed by atoms with Crippen LogP contribution in [0.3, 0.4) is 0 Å². The van der Waals surface area contributed by atoms with E-state index in [1.807, 2.05) is 49.6 Å². The third-order valence-corrected chi connectivity index (χ3v) is 32.5. The highest BCUT2D eigenvalue weighted by Crippen LogP contribution is 2.57. The van der Waals surface area contributed by atoms with Crippen molar-refractivity contribution in [2.24, 2.45) is 0 Å². The van der Waals surface area contributed by atoms with Crippen LogP contribution >= 0.6 is 0 Å². The van der Waals surface area contributed by atoms with E-state index in [9.17, 15) is 0 Å². The SMILES string of the molecule is c1ccc2c(c1)Cc1c-2ccc2c1Cc1c-2ccc2c3ccncc3n3c4ccccc4nc3c12.c1ccc2c(c1)Cc1cc3c(cc1-2)-c1ccc2c4ccncc4n4c5ccccc5nc4c2c1C3.c1ccc2c(c1)Cc1ccc3c(c1-2)-c1ccc2c4ccncc4n4c5ccccc5nc4c2c1C3.c1ccc2c(c1)Cc1ccc3c(c1-2)Cc1cc2c(cc1-3)c1ccncc1n1c3ccccc3nc21. The first kappa shape index (κ1) is 75.3. The van der Waals surface area contributed by atoms with Crippen LogP contribution in [0.25, 0.3) is 242 Å². The Kier molecular flexibility index (Phi) is 15.0. The molecule has 36 rings (SSSR count). The summed E-state index contributed by atoms with van der Waals surface area (Å²) in [5.74, 6) is 0. The maximum absolute atomic E-state index is 5.18. The number of fused-ring (bicyclic) bond motifs is 62. The van der Waals surface area contributed by atoms with Gasteiger partial charge in [0, 0.05) is 67.9 Å². The van der Waals surface area contributed by atoms with E-state index in [1.54, 1.807) is 0 Å². The van der Waals surface area contributed by atoms with Crippen LogP contribution in [-0.2, 0) is 51.4 Å². The molecule has 0 atom stereocenters. The minimum Gasteiger partial charge on any atom is -0.290 e. The Balaban J connectivity index is 0.0000000829. The van der Waals surface area contributed by atoms with Gasteiger partial charge in [0.05, 0.1) is 91.0 Å².